The minimum atomic E-state index is -0.749. The molecule has 1 saturated heterocycles. The van der Waals surface area contributed by atoms with Gasteiger partial charge in [0.05, 0.1) is 12.7 Å². The molecule has 0 aromatic carbocycles. The van der Waals surface area contributed by atoms with Gasteiger partial charge in [0, 0.05) is 46.2 Å². The van der Waals surface area contributed by atoms with Crippen LogP contribution in [0.1, 0.15) is 19.8 Å². The predicted octanol–water partition coefficient (Wildman–Crippen LogP) is 0.895. The first kappa shape index (κ1) is 15.8. The van der Waals surface area contributed by atoms with E-state index in [1.165, 1.54) is 6.33 Å². The summed E-state index contributed by atoms with van der Waals surface area (Å²) in [6.45, 7) is 4.41. The second-order valence-corrected chi connectivity index (χ2v) is 5.30. The quantitative estimate of drug-likeness (QED) is 0.807. The van der Waals surface area contributed by atoms with E-state index in [2.05, 4.69) is 15.3 Å². The number of nitrogens with one attached hydrogen (secondary N) is 1. The zero-order valence-electron chi connectivity index (χ0n) is 12.9. The molecule has 118 valence electrons. The predicted molar refractivity (Wildman–Crippen MR) is 81.0 cm³/mol. The van der Waals surface area contributed by atoms with E-state index in [1.54, 1.807) is 7.11 Å². The summed E-state index contributed by atoms with van der Waals surface area (Å²) in [5, 5.41) is 13.8. The SMILES string of the molecule is CCNc1ncnc(N(C)CC2(O)CCOCC2)c1OC. The largest absolute Gasteiger partial charge is 0.490 e. The molecule has 2 heterocycles. The maximum Gasteiger partial charge on any atom is 0.204 e. The second-order valence-electron chi connectivity index (χ2n) is 5.30. The molecular formula is C14H24N4O3. The maximum atomic E-state index is 10.6. The Labute approximate surface area is 125 Å². The van der Waals surface area contributed by atoms with Crippen LogP contribution in [-0.4, -0.2) is 61.1 Å². The Morgan fingerprint density at radius 2 is 2.14 bits per heavy atom. The Balaban J connectivity index is 2.18. The minimum absolute atomic E-state index is 0.481. The highest BCUT2D eigenvalue weighted by Crippen LogP contribution is 2.33. The van der Waals surface area contributed by atoms with Crippen molar-refractivity contribution in [1.29, 1.82) is 0 Å². The van der Waals surface area contributed by atoms with E-state index in [0.717, 1.165) is 6.54 Å². The topological polar surface area (TPSA) is 79.7 Å². The van der Waals surface area contributed by atoms with Crippen LogP contribution in [0.2, 0.25) is 0 Å². The van der Waals surface area contributed by atoms with Crippen LogP contribution in [0.5, 0.6) is 5.75 Å². The van der Waals surface area contributed by atoms with Gasteiger partial charge < -0.3 is 24.8 Å². The van der Waals surface area contributed by atoms with Crippen molar-refractivity contribution in [2.24, 2.45) is 0 Å². The maximum absolute atomic E-state index is 10.6. The Bertz CT molecular complexity index is 464. The van der Waals surface area contributed by atoms with Crippen LogP contribution < -0.4 is 15.0 Å². The van der Waals surface area contributed by atoms with Gasteiger partial charge >= 0.3 is 0 Å². The molecule has 1 aromatic heterocycles. The lowest BCUT2D eigenvalue weighted by Crippen LogP contribution is -2.46. The van der Waals surface area contributed by atoms with E-state index in [9.17, 15) is 5.11 Å². The van der Waals surface area contributed by atoms with E-state index >= 15 is 0 Å². The molecule has 21 heavy (non-hydrogen) atoms. The fourth-order valence-electron chi connectivity index (χ4n) is 2.54. The summed E-state index contributed by atoms with van der Waals surface area (Å²) in [6, 6.07) is 0. The van der Waals surface area contributed by atoms with Crippen molar-refractivity contribution >= 4 is 11.6 Å². The van der Waals surface area contributed by atoms with Crippen LogP contribution in [0.4, 0.5) is 11.6 Å². The fraction of sp³-hybridized carbons (Fsp3) is 0.714. The third-order valence-electron chi connectivity index (χ3n) is 3.65. The highest BCUT2D eigenvalue weighted by Gasteiger charge is 2.32. The number of ether oxygens (including phenoxy) is 2. The Hall–Kier alpha value is -1.60. The number of methoxy groups -OCH3 is 1. The van der Waals surface area contributed by atoms with E-state index in [1.807, 2.05) is 18.9 Å². The summed E-state index contributed by atoms with van der Waals surface area (Å²) < 4.78 is 10.7. The normalized spacial score (nSPS) is 17.3. The van der Waals surface area contributed by atoms with Gasteiger partial charge in [-0.15, -0.1) is 0 Å². The number of rotatable bonds is 6. The zero-order chi connectivity index (χ0) is 15.3. The summed E-state index contributed by atoms with van der Waals surface area (Å²) in [5.41, 5.74) is -0.749. The van der Waals surface area contributed by atoms with Crippen molar-refractivity contribution < 1.29 is 14.6 Å². The molecule has 2 N–H and O–H groups in total. The van der Waals surface area contributed by atoms with Gasteiger partial charge in [-0.2, -0.15) is 0 Å². The summed E-state index contributed by atoms with van der Waals surface area (Å²) >= 11 is 0. The first-order valence-electron chi connectivity index (χ1n) is 7.24. The molecular weight excluding hydrogens is 272 g/mol. The van der Waals surface area contributed by atoms with Crippen molar-refractivity contribution in [2.45, 2.75) is 25.4 Å². The molecule has 0 amide bonds. The summed E-state index contributed by atoms with van der Waals surface area (Å²) in [4.78, 5) is 10.4. The van der Waals surface area contributed by atoms with Crippen molar-refractivity contribution in [3.8, 4) is 5.75 Å². The van der Waals surface area contributed by atoms with Gasteiger partial charge in [0.15, 0.2) is 11.6 Å². The fourth-order valence-corrected chi connectivity index (χ4v) is 2.54. The van der Waals surface area contributed by atoms with E-state index in [0.29, 0.717) is 50.0 Å². The smallest absolute Gasteiger partial charge is 0.204 e. The summed E-state index contributed by atoms with van der Waals surface area (Å²) in [5.74, 6) is 1.93. The molecule has 1 aliphatic rings. The van der Waals surface area contributed by atoms with Gasteiger partial charge in [-0.05, 0) is 6.92 Å². The first-order valence-corrected chi connectivity index (χ1v) is 7.24. The number of hydrogen-bond donors (Lipinski definition) is 2. The van der Waals surface area contributed by atoms with Crippen LogP contribution in [-0.2, 0) is 4.74 Å². The van der Waals surface area contributed by atoms with Crippen LogP contribution in [0, 0.1) is 0 Å². The van der Waals surface area contributed by atoms with Crippen molar-refractivity contribution in [3.05, 3.63) is 6.33 Å². The van der Waals surface area contributed by atoms with Gasteiger partial charge in [0.2, 0.25) is 5.75 Å². The number of aliphatic hydroxyl groups is 1. The molecule has 0 saturated carbocycles. The van der Waals surface area contributed by atoms with Gasteiger partial charge in [0.1, 0.15) is 6.33 Å². The van der Waals surface area contributed by atoms with Crippen LogP contribution in [0.25, 0.3) is 0 Å². The third-order valence-corrected chi connectivity index (χ3v) is 3.65. The van der Waals surface area contributed by atoms with Crippen LogP contribution in [0.3, 0.4) is 0 Å². The van der Waals surface area contributed by atoms with E-state index in [4.69, 9.17) is 9.47 Å². The minimum Gasteiger partial charge on any atom is -0.490 e. The summed E-state index contributed by atoms with van der Waals surface area (Å²) in [6.07, 6.45) is 2.76. The monoisotopic (exact) mass is 296 g/mol. The van der Waals surface area contributed by atoms with Crippen molar-refractivity contribution in [1.82, 2.24) is 9.97 Å². The van der Waals surface area contributed by atoms with E-state index in [-0.39, 0.29) is 0 Å². The molecule has 0 atom stereocenters. The number of nitrogens with zero attached hydrogens (tertiary/aromatic N) is 3. The van der Waals surface area contributed by atoms with Crippen molar-refractivity contribution in [3.63, 3.8) is 0 Å². The Kier molecular flexibility index (Phi) is 5.19. The molecule has 0 bridgehead atoms. The molecule has 2 rings (SSSR count). The third kappa shape index (κ3) is 3.74. The van der Waals surface area contributed by atoms with Crippen LogP contribution in [0.15, 0.2) is 6.33 Å². The lowest BCUT2D eigenvalue weighted by molar-refractivity contribution is -0.0573. The molecule has 0 aliphatic carbocycles. The molecule has 1 aromatic rings. The Morgan fingerprint density at radius 1 is 1.43 bits per heavy atom. The van der Waals surface area contributed by atoms with Crippen molar-refractivity contribution in [2.75, 3.05) is 50.7 Å². The highest BCUT2D eigenvalue weighted by molar-refractivity contribution is 5.64. The number of hydrogen-bond acceptors (Lipinski definition) is 7. The number of likely N-dealkylation sites (N-methyl/N-ethyl adjacent to an activating group) is 1. The van der Waals surface area contributed by atoms with Gasteiger partial charge in [-0.3, -0.25) is 0 Å². The zero-order valence-corrected chi connectivity index (χ0v) is 12.9. The molecule has 1 fully saturated rings. The summed E-state index contributed by atoms with van der Waals surface area (Å²) in [7, 11) is 3.49. The van der Waals surface area contributed by atoms with Gasteiger partial charge in [-0.25, -0.2) is 9.97 Å². The van der Waals surface area contributed by atoms with Crippen LogP contribution >= 0.6 is 0 Å². The standard InChI is InChI=1S/C14H24N4O3/c1-4-15-12-11(20-3)13(17-10-16-12)18(2)9-14(19)5-7-21-8-6-14/h10,19H,4-9H2,1-3H3,(H,15,16,17). The Morgan fingerprint density at radius 3 is 2.76 bits per heavy atom. The lowest BCUT2D eigenvalue weighted by Gasteiger charge is -2.36. The average molecular weight is 296 g/mol. The molecule has 1 aliphatic heterocycles. The molecule has 0 spiro atoms. The number of anilines is 2. The van der Waals surface area contributed by atoms with E-state index < -0.39 is 5.60 Å². The highest BCUT2D eigenvalue weighted by atomic mass is 16.5. The lowest BCUT2D eigenvalue weighted by atomic mass is 9.94. The number of aromatic nitrogens is 2. The molecule has 7 heteroatoms. The molecule has 7 nitrogen and oxygen atoms in total. The van der Waals surface area contributed by atoms with Gasteiger partial charge in [0.25, 0.3) is 0 Å². The second kappa shape index (κ2) is 6.91. The molecule has 0 unspecified atom stereocenters. The molecule has 0 radical (unpaired) electrons. The van der Waals surface area contributed by atoms with Gasteiger partial charge in [-0.1, -0.05) is 0 Å². The first-order chi connectivity index (χ1) is 10.1. The average Bonchev–Trinajstić information content (AvgIpc) is 2.47.